The van der Waals surface area contributed by atoms with Crippen LogP contribution in [0.1, 0.15) is 6.92 Å². The van der Waals surface area contributed by atoms with E-state index >= 15 is 0 Å². The minimum atomic E-state index is -1.93. The van der Waals surface area contributed by atoms with E-state index in [9.17, 15) is 4.39 Å². The number of aliphatic hydroxyl groups is 3. The molecule has 0 radical (unpaired) electrons. The first-order chi connectivity index (χ1) is 5.04. The van der Waals surface area contributed by atoms with Crippen LogP contribution < -0.4 is 0 Å². The van der Waals surface area contributed by atoms with Gasteiger partial charge in [-0.15, -0.1) is 0 Å². The Morgan fingerprint density at radius 1 is 1.18 bits per heavy atom. The minimum Gasteiger partial charge on any atom is -0.388 e. The van der Waals surface area contributed by atoms with Gasteiger partial charge in [0.25, 0.3) is 0 Å². The summed E-state index contributed by atoms with van der Waals surface area (Å²) in [5, 5.41) is 26.7. The zero-order valence-electron chi connectivity index (χ0n) is 6.01. The Bertz CT molecular complexity index is 129. The summed E-state index contributed by atoms with van der Waals surface area (Å²) in [4.78, 5) is 0. The fourth-order valence-corrected chi connectivity index (χ4v) is 1.01. The third-order valence-electron chi connectivity index (χ3n) is 1.78. The van der Waals surface area contributed by atoms with Crippen LogP contribution in [0.5, 0.6) is 0 Å². The van der Waals surface area contributed by atoms with Gasteiger partial charge in [0.2, 0.25) is 0 Å². The molecule has 0 unspecified atom stereocenters. The van der Waals surface area contributed by atoms with E-state index in [2.05, 4.69) is 4.74 Å². The maximum atomic E-state index is 12.6. The maximum absolute atomic E-state index is 12.6. The maximum Gasteiger partial charge on any atom is 0.189 e. The smallest absolute Gasteiger partial charge is 0.189 e. The Morgan fingerprint density at radius 2 is 1.73 bits per heavy atom. The number of aliphatic hydroxyl groups excluding tert-OH is 3. The van der Waals surface area contributed by atoms with Crippen molar-refractivity contribution in [1.82, 2.24) is 0 Å². The third-order valence-corrected chi connectivity index (χ3v) is 1.78. The average molecular weight is 166 g/mol. The van der Waals surface area contributed by atoms with E-state index in [0.717, 1.165) is 0 Å². The number of halogens is 1. The van der Waals surface area contributed by atoms with Gasteiger partial charge in [-0.3, -0.25) is 0 Å². The Hall–Kier alpha value is -0.230. The fourth-order valence-electron chi connectivity index (χ4n) is 1.01. The third kappa shape index (κ3) is 1.51. The Labute approximate surface area is 63.2 Å². The van der Waals surface area contributed by atoms with Gasteiger partial charge in [0.05, 0.1) is 6.10 Å². The van der Waals surface area contributed by atoms with Gasteiger partial charge < -0.3 is 20.1 Å². The van der Waals surface area contributed by atoms with Crippen LogP contribution in [0.3, 0.4) is 0 Å². The first kappa shape index (κ1) is 8.86. The highest BCUT2D eigenvalue weighted by atomic mass is 19.1. The second kappa shape index (κ2) is 3.02. The van der Waals surface area contributed by atoms with Crippen molar-refractivity contribution in [1.29, 1.82) is 0 Å². The molecule has 0 aliphatic carbocycles. The number of alkyl halides is 1. The minimum absolute atomic E-state index is 0.744. The molecule has 3 N–H and O–H groups in total. The SMILES string of the molecule is C[C@@H]1O[C@@H](O)[C@H](F)[C@H](O)[C@H]1O. The fraction of sp³-hybridized carbons (Fsp3) is 1.00. The van der Waals surface area contributed by atoms with Crippen LogP contribution in [-0.2, 0) is 4.74 Å². The lowest BCUT2D eigenvalue weighted by Gasteiger charge is -2.35. The van der Waals surface area contributed by atoms with Crippen LogP contribution in [0, 0.1) is 0 Å². The molecule has 5 heteroatoms. The van der Waals surface area contributed by atoms with Crippen LogP contribution in [0.4, 0.5) is 4.39 Å². The van der Waals surface area contributed by atoms with Crippen molar-refractivity contribution in [3.05, 3.63) is 0 Å². The zero-order valence-corrected chi connectivity index (χ0v) is 6.01. The second-order valence-corrected chi connectivity index (χ2v) is 2.66. The summed E-state index contributed by atoms with van der Waals surface area (Å²) in [5.74, 6) is 0. The molecule has 5 atom stereocenters. The standard InChI is InChI=1S/C6H11FO4/c1-2-4(8)5(9)3(7)6(10)11-2/h2-6,8-10H,1H3/t2-,3+,4-,5-,6+/m0/s1. The summed E-state index contributed by atoms with van der Waals surface area (Å²) in [6.45, 7) is 1.45. The molecule has 4 nitrogen and oxygen atoms in total. The molecule has 1 aliphatic heterocycles. The second-order valence-electron chi connectivity index (χ2n) is 2.66. The van der Waals surface area contributed by atoms with Crippen molar-refractivity contribution in [3.63, 3.8) is 0 Å². The molecule has 11 heavy (non-hydrogen) atoms. The van der Waals surface area contributed by atoms with Gasteiger partial charge in [0.15, 0.2) is 12.5 Å². The molecule has 66 valence electrons. The number of rotatable bonds is 0. The van der Waals surface area contributed by atoms with Crippen molar-refractivity contribution in [2.75, 3.05) is 0 Å². The number of ether oxygens (including phenoxy) is 1. The Balaban J connectivity index is 2.63. The molecule has 0 spiro atoms. The van der Waals surface area contributed by atoms with Gasteiger partial charge in [-0.25, -0.2) is 4.39 Å². The Morgan fingerprint density at radius 3 is 2.27 bits per heavy atom. The van der Waals surface area contributed by atoms with Crippen molar-refractivity contribution in [3.8, 4) is 0 Å². The first-order valence-corrected chi connectivity index (χ1v) is 3.37. The lowest BCUT2D eigenvalue weighted by molar-refractivity contribution is -0.261. The summed E-state index contributed by atoms with van der Waals surface area (Å²) in [6.07, 6.45) is -7.14. The molecule has 0 aromatic carbocycles. The van der Waals surface area contributed by atoms with Crippen molar-refractivity contribution >= 4 is 0 Å². The molecule has 0 bridgehead atoms. The summed E-state index contributed by atoms with van der Waals surface area (Å²) in [7, 11) is 0. The normalized spacial score (nSPS) is 52.6. The number of hydrogen-bond donors (Lipinski definition) is 3. The van der Waals surface area contributed by atoms with Crippen molar-refractivity contribution in [2.24, 2.45) is 0 Å². The van der Waals surface area contributed by atoms with Crippen LogP contribution >= 0.6 is 0 Å². The monoisotopic (exact) mass is 166 g/mol. The topological polar surface area (TPSA) is 69.9 Å². The van der Waals surface area contributed by atoms with Gasteiger partial charge in [-0.05, 0) is 6.92 Å². The molecule has 1 heterocycles. The highest BCUT2D eigenvalue weighted by Crippen LogP contribution is 2.21. The van der Waals surface area contributed by atoms with Gasteiger partial charge in [0.1, 0.15) is 12.2 Å². The predicted octanol–water partition coefficient (Wildman–Crippen LogP) is -1.22. The van der Waals surface area contributed by atoms with E-state index in [4.69, 9.17) is 15.3 Å². The molecule has 0 aromatic heterocycles. The predicted molar refractivity (Wildman–Crippen MR) is 33.5 cm³/mol. The molecule has 0 amide bonds. The van der Waals surface area contributed by atoms with Gasteiger partial charge in [-0.1, -0.05) is 0 Å². The molecule has 1 fully saturated rings. The van der Waals surface area contributed by atoms with E-state index in [1.54, 1.807) is 0 Å². The van der Waals surface area contributed by atoms with E-state index in [-0.39, 0.29) is 0 Å². The van der Waals surface area contributed by atoms with E-state index in [1.807, 2.05) is 0 Å². The summed E-state index contributed by atoms with van der Waals surface area (Å²) < 4.78 is 17.2. The summed E-state index contributed by atoms with van der Waals surface area (Å²) >= 11 is 0. The van der Waals surface area contributed by atoms with E-state index < -0.39 is 30.8 Å². The largest absolute Gasteiger partial charge is 0.388 e. The molecule has 0 aromatic rings. The lowest BCUT2D eigenvalue weighted by atomic mass is 10.0. The first-order valence-electron chi connectivity index (χ1n) is 3.37. The van der Waals surface area contributed by atoms with Gasteiger partial charge >= 0.3 is 0 Å². The lowest BCUT2D eigenvalue weighted by Crippen LogP contribution is -2.54. The molecule has 1 aliphatic rings. The van der Waals surface area contributed by atoms with Crippen LogP contribution in [0.2, 0.25) is 0 Å². The average Bonchev–Trinajstić information content (AvgIpc) is 1.97. The number of hydrogen-bond acceptors (Lipinski definition) is 4. The quantitative estimate of drug-likeness (QED) is 0.422. The van der Waals surface area contributed by atoms with Crippen molar-refractivity contribution in [2.45, 2.75) is 37.7 Å². The van der Waals surface area contributed by atoms with Gasteiger partial charge in [0, 0.05) is 0 Å². The summed E-state index contributed by atoms with van der Waals surface area (Å²) in [5.41, 5.74) is 0. The van der Waals surface area contributed by atoms with E-state index in [1.165, 1.54) is 6.92 Å². The summed E-state index contributed by atoms with van der Waals surface area (Å²) in [6, 6.07) is 0. The molecule has 0 saturated carbocycles. The highest BCUT2D eigenvalue weighted by Gasteiger charge is 2.42. The van der Waals surface area contributed by atoms with Crippen LogP contribution in [-0.4, -0.2) is 46.1 Å². The highest BCUT2D eigenvalue weighted by molar-refractivity contribution is 4.86. The van der Waals surface area contributed by atoms with Crippen LogP contribution in [0.25, 0.3) is 0 Å². The Kier molecular flexibility index (Phi) is 2.43. The zero-order chi connectivity index (χ0) is 8.59. The van der Waals surface area contributed by atoms with E-state index in [0.29, 0.717) is 0 Å². The molecule has 1 rings (SSSR count). The van der Waals surface area contributed by atoms with Gasteiger partial charge in [-0.2, -0.15) is 0 Å². The van der Waals surface area contributed by atoms with Crippen molar-refractivity contribution < 1.29 is 24.4 Å². The van der Waals surface area contributed by atoms with Crippen LogP contribution in [0.15, 0.2) is 0 Å². The molecular formula is C6H11FO4. The molecular weight excluding hydrogens is 155 g/mol. The molecule has 1 saturated heterocycles.